The Hall–Kier alpha value is -1.30. The van der Waals surface area contributed by atoms with Crippen LogP contribution in [0, 0.1) is 18.3 Å². The van der Waals surface area contributed by atoms with Crippen LogP contribution in [-0.4, -0.2) is 10.2 Å². The third-order valence-electron chi connectivity index (χ3n) is 0.820. The number of nitriles is 1. The SMILES string of the molecule is Cc1cc(C#N)n[nH]1. The highest BCUT2D eigenvalue weighted by Gasteiger charge is 1.90. The third kappa shape index (κ3) is 0.684. The van der Waals surface area contributed by atoms with E-state index in [4.69, 9.17) is 5.26 Å². The van der Waals surface area contributed by atoms with Crippen molar-refractivity contribution in [1.29, 1.82) is 5.26 Å². The molecule has 0 aliphatic rings. The zero-order valence-electron chi connectivity index (χ0n) is 4.47. The molecule has 1 N–H and O–H groups in total. The minimum absolute atomic E-state index is 0.447. The lowest BCUT2D eigenvalue weighted by atomic mass is 10.4. The van der Waals surface area contributed by atoms with E-state index in [-0.39, 0.29) is 0 Å². The predicted molar refractivity (Wildman–Crippen MR) is 28.0 cm³/mol. The second-order valence-electron chi connectivity index (χ2n) is 1.55. The Morgan fingerprint density at radius 2 is 2.62 bits per heavy atom. The lowest BCUT2D eigenvalue weighted by Gasteiger charge is -1.67. The molecule has 0 amide bonds. The average Bonchev–Trinajstić information content (AvgIpc) is 2.14. The molecule has 0 aliphatic heterocycles. The van der Waals surface area contributed by atoms with E-state index in [0.717, 1.165) is 5.69 Å². The highest BCUT2D eigenvalue weighted by Crippen LogP contribution is 1.92. The van der Waals surface area contributed by atoms with Gasteiger partial charge in [0, 0.05) is 5.69 Å². The van der Waals surface area contributed by atoms with Crippen molar-refractivity contribution in [3.8, 4) is 6.07 Å². The molecule has 0 saturated heterocycles. The third-order valence-corrected chi connectivity index (χ3v) is 0.820. The zero-order valence-corrected chi connectivity index (χ0v) is 4.47. The van der Waals surface area contributed by atoms with Crippen LogP contribution in [0.4, 0.5) is 0 Å². The van der Waals surface area contributed by atoms with E-state index in [0.29, 0.717) is 5.69 Å². The number of rotatable bonds is 0. The molecule has 0 aliphatic carbocycles. The van der Waals surface area contributed by atoms with Crippen LogP contribution in [0.25, 0.3) is 0 Å². The molecule has 0 saturated carbocycles. The Labute approximate surface area is 47.0 Å². The first-order valence-corrected chi connectivity index (χ1v) is 2.25. The second-order valence-corrected chi connectivity index (χ2v) is 1.55. The molecule has 40 valence electrons. The molecular formula is C5H5N3. The fraction of sp³-hybridized carbons (Fsp3) is 0.200. The van der Waals surface area contributed by atoms with Crippen LogP contribution in [0.2, 0.25) is 0 Å². The second kappa shape index (κ2) is 1.66. The first-order valence-electron chi connectivity index (χ1n) is 2.25. The van der Waals surface area contributed by atoms with Gasteiger partial charge in [-0.05, 0) is 13.0 Å². The Morgan fingerprint density at radius 3 is 2.88 bits per heavy atom. The fourth-order valence-corrected chi connectivity index (χ4v) is 0.475. The maximum atomic E-state index is 8.22. The summed E-state index contributed by atoms with van der Waals surface area (Å²) in [6.45, 7) is 1.86. The first kappa shape index (κ1) is 4.85. The Morgan fingerprint density at radius 1 is 1.88 bits per heavy atom. The molecular weight excluding hydrogens is 102 g/mol. The molecule has 1 rings (SSSR count). The van der Waals surface area contributed by atoms with Gasteiger partial charge in [-0.2, -0.15) is 10.4 Å². The maximum absolute atomic E-state index is 8.22. The topological polar surface area (TPSA) is 52.5 Å². The zero-order chi connectivity index (χ0) is 5.98. The Balaban J connectivity index is 3.05. The van der Waals surface area contributed by atoms with Gasteiger partial charge in [0.05, 0.1) is 0 Å². The van der Waals surface area contributed by atoms with E-state index in [1.54, 1.807) is 6.07 Å². The Bertz CT molecular complexity index is 218. The van der Waals surface area contributed by atoms with Crippen molar-refractivity contribution in [1.82, 2.24) is 10.2 Å². The van der Waals surface area contributed by atoms with Gasteiger partial charge in [-0.3, -0.25) is 5.10 Å². The summed E-state index contributed by atoms with van der Waals surface area (Å²) in [5.74, 6) is 0. The standard InChI is InChI=1S/C5H5N3/c1-4-2-5(3-6)8-7-4/h2H,1H3,(H,7,8). The number of aromatic nitrogens is 2. The normalized spacial score (nSPS) is 8.50. The average molecular weight is 107 g/mol. The van der Waals surface area contributed by atoms with Crippen molar-refractivity contribution >= 4 is 0 Å². The molecule has 1 aromatic rings. The van der Waals surface area contributed by atoms with Crippen molar-refractivity contribution in [2.24, 2.45) is 0 Å². The van der Waals surface area contributed by atoms with Gasteiger partial charge in [0.15, 0.2) is 5.69 Å². The number of hydrogen-bond donors (Lipinski definition) is 1. The predicted octanol–water partition coefficient (Wildman–Crippen LogP) is 0.590. The van der Waals surface area contributed by atoms with Crippen LogP contribution < -0.4 is 0 Å². The summed E-state index contributed by atoms with van der Waals surface area (Å²) < 4.78 is 0. The van der Waals surface area contributed by atoms with Crippen LogP contribution in [0.1, 0.15) is 11.4 Å². The maximum Gasteiger partial charge on any atom is 0.162 e. The van der Waals surface area contributed by atoms with Crippen LogP contribution in [0.5, 0.6) is 0 Å². The summed E-state index contributed by atoms with van der Waals surface area (Å²) in [5, 5.41) is 14.5. The number of hydrogen-bond acceptors (Lipinski definition) is 2. The summed E-state index contributed by atoms with van der Waals surface area (Å²) in [7, 11) is 0. The molecule has 0 unspecified atom stereocenters. The van der Waals surface area contributed by atoms with Gasteiger partial charge in [0.1, 0.15) is 6.07 Å². The van der Waals surface area contributed by atoms with Crippen molar-refractivity contribution in [3.05, 3.63) is 17.5 Å². The van der Waals surface area contributed by atoms with Crippen molar-refractivity contribution in [3.63, 3.8) is 0 Å². The fourth-order valence-electron chi connectivity index (χ4n) is 0.475. The van der Waals surface area contributed by atoms with Crippen LogP contribution >= 0.6 is 0 Å². The van der Waals surface area contributed by atoms with Gasteiger partial charge in [-0.25, -0.2) is 0 Å². The Kier molecular flexibility index (Phi) is 1.01. The molecule has 0 spiro atoms. The van der Waals surface area contributed by atoms with E-state index in [9.17, 15) is 0 Å². The van der Waals surface area contributed by atoms with Gasteiger partial charge < -0.3 is 0 Å². The van der Waals surface area contributed by atoms with Gasteiger partial charge >= 0.3 is 0 Å². The van der Waals surface area contributed by atoms with E-state index in [2.05, 4.69) is 10.2 Å². The quantitative estimate of drug-likeness (QED) is 0.527. The lowest BCUT2D eigenvalue weighted by Crippen LogP contribution is -1.69. The molecule has 0 aromatic carbocycles. The number of aryl methyl sites for hydroxylation is 1. The molecule has 0 fully saturated rings. The lowest BCUT2D eigenvalue weighted by molar-refractivity contribution is 1.03. The summed E-state index contributed by atoms with van der Waals surface area (Å²) in [5.41, 5.74) is 1.36. The first-order chi connectivity index (χ1) is 3.83. The number of nitrogens with one attached hydrogen (secondary N) is 1. The highest BCUT2D eigenvalue weighted by molar-refractivity contribution is 5.20. The largest absolute Gasteiger partial charge is 0.282 e. The summed E-state index contributed by atoms with van der Waals surface area (Å²) >= 11 is 0. The van der Waals surface area contributed by atoms with Gasteiger partial charge in [0.25, 0.3) is 0 Å². The molecule has 1 heterocycles. The van der Waals surface area contributed by atoms with Crippen LogP contribution in [0.15, 0.2) is 6.07 Å². The van der Waals surface area contributed by atoms with Crippen molar-refractivity contribution in [2.75, 3.05) is 0 Å². The van der Waals surface area contributed by atoms with Crippen molar-refractivity contribution in [2.45, 2.75) is 6.92 Å². The molecule has 0 atom stereocenters. The van der Waals surface area contributed by atoms with Gasteiger partial charge in [0.2, 0.25) is 0 Å². The number of nitrogens with zero attached hydrogens (tertiary/aromatic N) is 2. The van der Waals surface area contributed by atoms with Gasteiger partial charge in [-0.1, -0.05) is 0 Å². The molecule has 0 radical (unpaired) electrons. The van der Waals surface area contributed by atoms with Crippen LogP contribution in [-0.2, 0) is 0 Å². The number of H-pyrrole nitrogens is 1. The smallest absolute Gasteiger partial charge is 0.162 e. The van der Waals surface area contributed by atoms with E-state index < -0.39 is 0 Å². The minimum Gasteiger partial charge on any atom is -0.282 e. The molecule has 1 aromatic heterocycles. The minimum atomic E-state index is 0.447. The molecule has 0 bridgehead atoms. The van der Waals surface area contributed by atoms with Gasteiger partial charge in [-0.15, -0.1) is 0 Å². The summed E-state index contributed by atoms with van der Waals surface area (Å²) in [6.07, 6.45) is 0. The van der Waals surface area contributed by atoms with Crippen molar-refractivity contribution < 1.29 is 0 Å². The van der Waals surface area contributed by atoms with E-state index in [1.807, 2.05) is 13.0 Å². The van der Waals surface area contributed by atoms with Crippen LogP contribution in [0.3, 0.4) is 0 Å². The summed E-state index contributed by atoms with van der Waals surface area (Å²) in [6, 6.07) is 3.60. The highest BCUT2D eigenvalue weighted by atomic mass is 15.1. The molecule has 8 heavy (non-hydrogen) atoms. The number of aromatic amines is 1. The monoisotopic (exact) mass is 107 g/mol. The molecule has 3 nitrogen and oxygen atoms in total. The summed E-state index contributed by atoms with van der Waals surface area (Å²) in [4.78, 5) is 0. The van der Waals surface area contributed by atoms with E-state index >= 15 is 0 Å². The molecule has 3 heteroatoms. The van der Waals surface area contributed by atoms with E-state index in [1.165, 1.54) is 0 Å².